The summed E-state index contributed by atoms with van der Waals surface area (Å²) in [5.74, 6) is 0.888. The lowest BCUT2D eigenvalue weighted by atomic mass is 9.95. The van der Waals surface area contributed by atoms with Gasteiger partial charge in [0, 0.05) is 11.6 Å². The Kier molecular flexibility index (Phi) is 5.30. The van der Waals surface area contributed by atoms with Crippen LogP contribution in [0.5, 0.6) is 5.75 Å². The third kappa shape index (κ3) is 4.59. The molecule has 23 heavy (non-hydrogen) atoms. The summed E-state index contributed by atoms with van der Waals surface area (Å²) in [7, 11) is 0. The van der Waals surface area contributed by atoms with E-state index in [1.165, 1.54) is 19.3 Å². The first-order valence-electron chi connectivity index (χ1n) is 8.39. The second kappa shape index (κ2) is 7.82. The quantitative estimate of drug-likeness (QED) is 0.893. The van der Waals surface area contributed by atoms with Crippen molar-refractivity contribution in [3.8, 4) is 5.75 Å². The van der Waals surface area contributed by atoms with Crippen molar-refractivity contribution in [1.82, 2.24) is 5.32 Å². The molecular weight excluding hydrogens is 286 g/mol. The molecule has 3 rings (SSSR count). The highest BCUT2D eigenvalue weighted by Gasteiger charge is 2.16. The summed E-state index contributed by atoms with van der Waals surface area (Å²) in [6.45, 7) is 0.508. The number of amides is 1. The summed E-state index contributed by atoms with van der Waals surface area (Å²) in [6.07, 6.45) is 5.95. The van der Waals surface area contributed by atoms with Crippen molar-refractivity contribution in [2.75, 3.05) is 0 Å². The van der Waals surface area contributed by atoms with E-state index in [0.29, 0.717) is 12.6 Å². The SMILES string of the molecule is O=C(NC1CCCCC1)c1ccc(COc2ccccc2)cc1. The Hall–Kier alpha value is -2.29. The molecule has 120 valence electrons. The molecule has 0 heterocycles. The molecule has 1 amide bonds. The predicted octanol–water partition coefficient (Wildman–Crippen LogP) is 4.33. The maximum atomic E-state index is 12.3. The van der Waals surface area contributed by atoms with E-state index in [1.807, 2.05) is 54.6 Å². The number of rotatable bonds is 5. The van der Waals surface area contributed by atoms with Crippen molar-refractivity contribution < 1.29 is 9.53 Å². The first-order chi connectivity index (χ1) is 11.3. The number of hydrogen-bond donors (Lipinski definition) is 1. The van der Waals surface area contributed by atoms with Gasteiger partial charge in [0.05, 0.1) is 0 Å². The molecule has 1 fully saturated rings. The molecule has 2 aromatic carbocycles. The number of ether oxygens (including phenoxy) is 1. The van der Waals surface area contributed by atoms with Gasteiger partial charge in [-0.25, -0.2) is 0 Å². The summed E-state index contributed by atoms with van der Waals surface area (Å²) in [5.41, 5.74) is 1.78. The number of nitrogens with one attached hydrogen (secondary N) is 1. The fraction of sp³-hybridized carbons (Fsp3) is 0.350. The summed E-state index contributed by atoms with van der Waals surface area (Å²) in [5, 5.41) is 3.14. The van der Waals surface area contributed by atoms with Crippen LogP contribution in [0.15, 0.2) is 54.6 Å². The Labute approximate surface area is 137 Å². The number of carbonyl (C=O) groups is 1. The Balaban J connectivity index is 1.52. The average Bonchev–Trinajstić information content (AvgIpc) is 2.62. The smallest absolute Gasteiger partial charge is 0.251 e. The van der Waals surface area contributed by atoms with Gasteiger partial charge < -0.3 is 10.1 Å². The second-order valence-corrected chi connectivity index (χ2v) is 6.11. The van der Waals surface area contributed by atoms with Crippen LogP contribution in [0.4, 0.5) is 0 Å². The van der Waals surface area contributed by atoms with Crippen LogP contribution in [0.1, 0.15) is 48.0 Å². The van der Waals surface area contributed by atoms with Crippen molar-refractivity contribution in [3.05, 3.63) is 65.7 Å². The molecule has 1 N–H and O–H groups in total. The van der Waals surface area contributed by atoms with Gasteiger partial charge in [-0.15, -0.1) is 0 Å². The van der Waals surface area contributed by atoms with Crippen molar-refractivity contribution in [3.63, 3.8) is 0 Å². The van der Waals surface area contributed by atoms with Crippen molar-refractivity contribution >= 4 is 5.91 Å². The van der Waals surface area contributed by atoms with E-state index in [4.69, 9.17) is 4.74 Å². The molecule has 0 spiro atoms. The van der Waals surface area contributed by atoms with E-state index >= 15 is 0 Å². The average molecular weight is 309 g/mol. The molecule has 0 aromatic heterocycles. The van der Waals surface area contributed by atoms with Crippen LogP contribution in [-0.2, 0) is 6.61 Å². The minimum absolute atomic E-state index is 0.0347. The number of carbonyl (C=O) groups excluding carboxylic acids is 1. The zero-order valence-corrected chi connectivity index (χ0v) is 13.3. The molecule has 1 aliphatic carbocycles. The van der Waals surface area contributed by atoms with Crippen LogP contribution in [0.25, 0.3) is 0 Å². The van der Waals surface area contributed by atoms with E-state index in [1.54, 1.807) is 0 Å². The molecule has 0 aliphatic heterocycles. The molecule has 0 unspecified atom stereocenters. The Morgan fingerprint density at radius 2 is 1.65 bits per heavy atom. The summed E-state index contributed by atoms with van der Waals surface area (Å²) >= 11 is 0. The third-order valence-electron chi connectivity index (χ3n) is 4.31. The lowest BCUT2D eigenvalue weighted by molar-refractivity contribution is 0.0927. The molecule has 0 saturated heterocycles. The highest BCUT2D eigenvalue weighted by molar-refractivity contribution is 5.94. The van der Waals surface area contributed by atoms with Gasteiger partial charge in [-0.05, 0) is 42.7 Å². The van der Waals surface area contributed by atoms with Gasteiger partial charge in [0.1, 0.15) is 12.4 Å². The number of para-hydroxylation sites is 1. The van der Waals surface area contributed by atoms with Crippen LogP contribution < -0.4 is 10.1 Å². The Bertz CT molecular complexity index is 616. The largest absolute Gasteiger partial charge is 0.489 e. The van der Waals surface area contributed by atoms with Crippen LogP contribution in [0, 0.1) is 0 Å². The van der Waals surface area contributed by atoms with Crippen molar-refractivity contribution in [1.29, 1.82) is 0 Å². The molecule has 0 atom stereocenters. The molecular formula is C20H23NO2. The van der Waals surface area contributed by atoms with Gasteiger partial charge >= 0.3 is 0 Å². The zero-order chi connectivity index (χ0) is 15.9. The first-order valence-corrected chi connectivity index (χ1v) is 8.39. The standard InChI is InChI=1S/C20H23NO2/c22-20(21-18-7-3-1-4-8-18)17-13-11-16(12-14-17)15-23-19-9-5-2-6-10-19/h2,5-6,9-14,18H,1,3-4,7-8,15H2,(H,21,22). The van der Waals surface area contributed by atoms with Gasteiger partial charge in [0.2, 0.25) is 0 Å². The Morgan fingerprint density at radius 1 is 0.957 bits per heavy atom. The number of hydrogen-bond acceptors (Lipinski definition) is 2. The summed E-state index contributed by atoms with van der Waals surface area (Å²) < 4.78 is 5.71. The molecule has 1 saturated carbocycles. The fourth-order valence-electron chi connectivity index (χ4n) is 2.95. The molecule has 3 heteroatoms. The van der Waals surface area contributed by atoms with Gasteiger partial charge in [0.25, 0.3) is 5.91 Å². The van der Waals surface area contributed by atoms with E-state index in [9.17, 15) is 4.79 Å². The second-order valence-electron chi connectivity index (χ2n) is 6.11. The van der Waals surface area contributed by atoms with Crippen LogP contribution in [-0.4, -0.2) is 11.9 Å². The molecule has 1 aliphatic rings. The van der Waals surface area contributed by atoms with E-state index < -0.39 is 0 Å². The molecule has 0 bridgehead atoms. The maximum Gasteiger partial charge on any atom is 0.251 e. The van der Waals surface area contributed by atoms with Gasteiger partial charge in [-0.2, -0.15) is 0 Å². The monoisotopic (exact) mass is 309 g/mol. The van der Waals surface area contributed by atoms with Gasteiger partial charge in [-0.3, -0.25) is 4.79 Å². The van der Waals surface area contributed by atoms with Crippen molar-refractivity contribution in [2.24, 2.45) is 0 Å². The molecule has 0 radical (unpaired) electrons. The number of benzene rings is 2. The van der Waals surface area contributed by atoms with Gasteiger partial charge in [-0.1, -0.05) is 49.6 Å². The topological polar surface area (TPSA) is 38.3 Å². The van der Waals surface area contributed by atoms with Crippen molar-refractivity contribution in [2.45, 2.75) is 44.8 Å². The third-order valence-corrected chi connectivity index (χ3v) is 4.31. The Morgan fingerprint density at radius 3 is 2.35 bits per heavy atom. The fourth-order valence-corrected chi connectivity index (χ4v) is 2.95. The zero-order valence-electron chi connectivity index (χ0n) is 13.3. The van der Waals surface area contributed by atoms with Crippen LogP contribution in [0.2, 0.25) is 0 Å². The maximum absolute atomic E-state index is 12.3. The minimum Gasteiger partial charge on any atom is -0.489 e. The highest BCUT2D eigenvalue weighted by Crippen LogP contribution is 2.18. The predicted molar refractivity (Wildman–Crippen MR) is 91.6 cm³/mol. The van der Waals surface area contributed by atoms with Crippen LogP contribution in [0.3, 0.4) is 0 Å². The van der Waals surface area contributed by atoms with Gasteiger partial charge in [0.15, 0.2) is 0 Å². The minimum atomic E-state index is 0.0347. The van der Waals surface area contributed by atoms with E-state index in [2.05, 4.69) is 5.32 Å². The lowest BCUT2D eigenvalue weighted by Gasteiger charge is -2.22. The van der Waals surface area contributed by atoms with E-state index in [-0.39, 0.29) is 5.91 Å². The summed E-state index contributed by atoms with van der Waals surface area (Å²) in [6, 6.07) is 17.8. The first kappa shape index (κ1) is 15.6. The highest BCUT2D eigenvalue weighted by atomic mass is 16.5. The van der Waals surface area contributed by atoms with Crippen LogP contribution >= 0.6 is 0 Å². The van der Waals surface area contributed by atoms with E-state index in [0.717, 1.165) is 29.7 Å². The molecule has 2 aromatic rings. The summed E-state index contributed by atoms with van der Waals surface area (Å²) in [4.78, 5) is 12.3. The molecule has 3 nitrogen and oxygen atoms in total. The lowest BCUT2D eigenvalue weighted by Crippen LogP contribution is -2.36. The normalized spacial score (nSPS) is 15.1.